The van der Waals surface area contributed by atoms with Gasteiger partial charge in [-0.3, -0.25) is 10.1 Å². The average Bonchev–Trinajstić information content (AvgIpc) is 3.45. The van der Waals surface area contributed by atoms with Crippen molar-refractivity contribution in [1.82, 2.24) is 5.32 Å². The van der Waals surface area contributed by atoms with Gasteiger partial charge in [-0.05, 0) is 49.2 Å². The summed E-state index contributed by atoms with van der Waals surface area (Å²) in [6.07, 6.45) is 0.111. The normalized spacial score (nSPS) is 26.7. The second-order valence-electron chi connectivity index (χ2n) is 7.99. The molecule has 1 saturated carbocycles. The number of hydrogen-bond donors (Lipinski definition) is 2. The first-order valence-electron chi connectivity index (χ1n) is 10.5. The Kier molecular flexibility index (Phi) is 5.48. The van der Waals surface area contributed by atoms with Gasteiger partial charge in [-0.25, -0.2) is 4.79 Å². The number of rotatable bonds is 6. The Balaban J connectivity index is 1.11. The fraction of sp³-hybridized carbons (Fsp3) is 0.391. The van der Waals surface area contributed by atoms with Crippen LogP contribution < -0.4 is 15.4 Å². The Morgan fingerprint density at radius 3 is 2.32 bits per heavy atom. The average molecular weight is 424 g/mol. The molecule has 2 aromatic rings. The molecule has 0 aromatic heterocycles. The summed E-state index contributed by atoms with van der Waals surface area (Å²) in [6.45, 7) is 0.598. The highest BCUT2D eigenvalue weighted by atomic mass is 16.6. The predicted octanol–water partition coefficient (Wildman–Crippen LogP) is 3.09. The minimum Gasteiger partial charge on any atom is -0.457 e. The minimum absolute atomic E-state index is 0.0552. The molecule has 3 fully saturated rings. The molecule has 4 atom stereocenters. The summed E-state index contributed by atoms with van der Waals surface area (Å²) in [6, 6.07) is 16.3. The number of hydrogen-bond acceptors (Lipinski definition) is 6. The highest BCUT2D eigenvalue weighted by Gasteiger charge is 2.50. The second kappa shape index (κ2) is 8.56. The molecule has 0 bridgehead atoms. The van der Waals surface area contributed by atoms with Crippen LogP contribution in [0.2, 0.25) is 0 Å². The van der Waals surface area contributed by atoms with E-state index in [1.807, 2.05) is 30.3 Å². The molecule has 2 heterocycles. The molecule has 0 radical (unpaired) electrons. The fourth-order valence-corrected chi connectivity index (χ4v) is 3.85. The molecule has 2 N–H and O–H groups in total. The topological polar surface area (TPSA) is 95.1 Å². The standard InChI is InChI=1S/C23H24N2O6/c26-22(14-6-7-14)25-18-12-28-21-19(13-29-20(18)21)31-23(27)24-15-8-10-17(11-9-15)30-16-4-2-1-3-5-16/h1-5,8-11,14,18-21H,6-7,12-13H2,(H,24,27)(H,25,26)/t18-,19-,20-,21+/m0/s1. The monoisotopic (exact) mass is 424 g/mol. The van der Waals surface area contributed by atoms with Crippen LogP contribution in [0.25, 0.3) is 0 Å². The highest BCUT2D eigenvalue weighted by Crippen LogP contribution is 2.32. The lowest BCUT2D eigenvalue weighted by Crippen LogP contribution is -2.45. The van der Waals surface area contributed by atoms with Gasteiger partial charge in [-0.2, -0.15) is 0 Å². The van der Waals surface area contributed by atoms with Crippen molar-refractivity contribution in [2.75, 3.05) is 18.5 Å². The van der Waals surface area contributed by atoms with E-state index in [1.54, 1.807) is 24.3 Å². The van der Waals surface area contributed by atoms with Gasteiger partial charge in [0, 0.05) is 11.6 Å². The maximum atomic E-state index is 12.3. The quantitative estimate of drug-likeness (QED) is 0.740. The lowest BCUT2D eigenvalue weighted by Gasteiger charge is -2.18. The molecule has 2 amide bonds. The molecule has 0 spiro atoms. The van der Waals surface area contributed by atoms with Gasteiger partial charge in [0.2, 0.25) is 5.91 Å². The van der Waals surface area contributed by atoms with Gasteiger partial charge in [0.05, 0.1) is 19.3 Å². The van der Waals surface area contributed by atoms with Gasteiger partial charge in [-0.1, -0.05) is 18.2 Å². The fourth-order valence-electron chi connectivity index (χ4n) is 3.85. The third kappa shape index (κ3) is 4.65. The van der Waals surface area contributed by atoms with Crippen molar-refractivity contribution in [2.24, 2.45) is 5.92 Å². The van der Waals surface area contributed by atoms with E-state index in [4.69, 9.17) is 18.9 Å². The summed E-state index contributed by atoms with van der Waals surface area (Å²) in [7, 11) is 0. The van der Waals surface area contributed by atoms with Crippen molar-refractivity contribution in [1.29, 1.82) is 0 Å². The number of amides is 2. The number of para-hydroxylation sites is 1. The minimum atomic E-state index is -0.583. The van der Waals surface area contributed by atoms with Crippen LogP contribution in [0.1, 0.15) is 12.8 Å². The summed E-state index contributed by atoms with van der Waals surface area (Å²) < 4.78 is 22.8. The molecule has 31 heavy (non-hydrogen) atoms. The highest BCUT2D eigenvalue weighted by molar-refractivity contribution is 5.84. The molecule has 1 aliphatic carbocycles. The first-order valence-corrected chi connectivity index (χ1v) is 10.5. The van der Waals surface area contributed by atoms with E-state index in [9.17, 15) is 9.59 Å². The van der Waals surface area contributed by atoms with Gasteiger partial charge in [0.1, 0.15) is 23.7 Å². The van der Waals surface area contributed by atoms with Crippen molar-refractivity contribution in [3.63, 3.8) is 0 Å². The summed E-state index contributed by atoms with van der Waals surface area (Å²) in [5, 5.41) is 5.70. The summed E-state index contributed by atoms with van der Waals surface area (Å²) in [5.74, 6) is 1.58. The number of anilines is 1. The van der Waals surface area contributed by atoms with E-state index in [-0.39, 0.29) is 36.7 Å². The number of fused-ring (bicyclic) bond motifs is 1. The summed E-state index contributed by atoms with van der Waals surface area (Å²) in [4.78, 5) is 24.4. The first-order chi connectivity index (χ1) is 15.2. The van der Waals surface area contributed by atoms with Crippen molar-refractivity contribution < 1.29 is 28.5 Å². The Hall–Kier alpha value is -3.10. The van der Waals surface area contributed by atoms with Crippen molar-refractivity contribution in [3.8, 4) is 11.5 Å². The molecule has 2 aromatic carbocycles. The van der Waals surface area contributed by atoms with Crippen molar-refractivity contribution in [2.45, 2.75) is 37.2 Å². The molecule has 162 valence electrons. The molecule has 8 nitrogen and oxygen atoms in total. The van der Waals surface area contributed by atoms with Crippen LogP contribution in [-0.4, -0.2) is 49.6 Å². The van der Waals surface area contributed by atoms with Crippen LogP contribution in [-0.2, 0) is 19.0 Å². The SMILES string of the molecule is O=C(Nc1ccc(Oc2ccccc2)cc1)O[C@H]1CO[C@@H]2[C@@H]1OC[C@@H]2NC(=O)C1CC1. The molecular formula is C23H24N2O6. The van der Waals surface area contributed by atoms with E-state index in [2.05, 4.69) is 10.6 Å². The van der Waals surface area contributed by atoms with Gasteiger partial charge in [0.25, 0.3) is 0 Å². The second-order valence-corrected chi connectivity index (χ2v) is 7.99. The smallest absolute Gasteiger partial charge is 0.412 e. The Bertz CT molecular complexity index is 931. The van der Waals surface area contributed by atoms with Crippen molar-refractivity contribution >= 4 is 17.7 Å². The maximum absolute atomic E-state index is 12.3. The Labute approximate surface area is 179 Å². The summed E-state index contributed by atoms with van der Waals surface area (Å²) in [5.41, 5.74) is 0.586. The number of carbonyl (C=O) groups is 2. The molecule has 2 aliphatic heterocycles. The first kappa shape index (κ1) is 19.8. The number of ether oxygens (including phenoxy) is 4. The number of carbonyl (C=O) groups excluding carboxylic acids is 2. The molecule has 5 rings (SSSR count). The third-order valence-corrected chi connectivity index (χ3v) is 5.62. The van der Waals surface area contributed by atoms with Gasteiger partial charge < -0.3 is 24.3 Å². The maximum Gasteiger partial charge on any atom is 0.412 e. The molecular weight excluding hydrogens is 400 g/mol. The van der Waals surface area contributed by atoms with Crippen LogP contribution in [0.5, 0.6) is 11.5 Å². The third-order valence-electron chi connectivity index (χ3n) is 5.62. The Morgan fingerprint density at radius 2 is 1.58 bits per heavy atom. The zero-order valence-electron chi connectivity index (χ0n) is 16.9. The molecule has 8 heteroatoms. The van der Waals surface area contributed by atoms with E-state index in [0.29, 0.717) is 18.0 Å². The van der Waals surface area contributed by atoms with E-state index >= 15 is 0 Å². The van der Waals surface area contributed by atoms with Crippen molar-refractivity contribution in [3.05, 3.63) is 54.6 Å². The van der Waals surface area contributed by atoms with Crippen LogP contribution >= 0.6 is 0 Å². The Morgan fingerprint density at radius 1 is 0.871 bits per heavy atom. The van der Waals surface area contributed by atoms with E-state index in [1.165, 1.54) is 0 Å². The lowest BCUT2D eigenvalue weighted by atomic mass is 10.1. The predicted molar refractivity (Wildman–Crippen MR) is 111 cm³/mol. The van der Waals surface area contributed by atoms with Crippen LogP contribution in [0, 0.1) is 5.92 Å². The van der Waals surface area contributed by atoms with E-state index in [0.717, 1.165) is 18.6 Å². The van der Waals surface area contributed by atoms with Crippen LogP contribution in [0.3, 0.4) is 0 Å². The van der Waals surface area contributed by atoms with Gasteiger partial charge >= 0.3 is 6.09 Å². The van der Waals surface area contributed by atoms with E-state index < -0.39 is 12.2 Å². The van der Waals surface area contributed by atoms with Gasteiger partial charge in [0.15, 0.2) is 6.10 Å². The zero-order chi connectivity index (χ0) is 21.2. The zero-order valence-corrected chi connectivity index (χ0v) is 16.9. The molecule has 0 unspecified atom stereocenters. The molecule has 2 saturated heterocycles. The number of nitrogens with one attached hydrogen (secondary N) is 2. The molecule has 3 aliphatic rings. The van der Waals surface area contributed by atoms with Gasteiger partial charge in [-0.15, -0.1) is 0 Å². The van der Waals surface area contributed by atoms with Crippen LogP contribution in [0.15, 0.2) is 54.6 Å². The lowest BCUT2D eigenvalue weighted by molar-refractivity contribution is -0.123. The number of benzene rings is 2. The summed E-state index contributed by atoms with van der Waals surface area (Å²) >= 11 is 0. The largest absolute Gasteiger partial charge is 0.457 e. The van der Waals surface area contributed by atoms with Crippen LogP contribution in [0.4, 0.5) is 10.5 Å².